The molecule has 20 heavy (non-hydrogen) atoms. The zero-order valence-corrected chi connectivity index (χ0v) is 10.7. The second-order valence-electron chi connectivity index (χ2n) is 3.99. The first-order valence-corrected chi connectivity index (χ1v) is 6.36. The third-order valence-electron chi connectivity index (χ3n) is 2.73. The lowest BCUT2D eigenvalue weighted by Crippen LogP contribution is -2.14. The van der Waals surface area contributed by atoms with Crippen LogP contribution >= 0.6 is 11.7 Å². The summed E-state index contributed by atoms with van der Waals surface area (Å²) < 4.78 is 34.7. The maximum absolute atomic E-state index is 13.5. The Morgan fingerprint density at radius 3 is 2.75 bits per heavy atom. The molecule has 100 valence electrons. The lowest BCUT2D eigenvalue weighted by Gasteiger charge is -2.06. The Kier molecular flexibility index (Phi) is 3.11. The Hall–Kier alpha value is -2.41. The summed E-state index contributed by atoms with van der Waals surface area (Å²) in [5, 5.41) is 2.51. The summed E-state index contributed by atoms with van der Waals surface area (Å²) in [6.07, 6.45) is 0. The summed E-state index contributed by atoms with van der Waals surface area (Å²) in [4.78, 5) is 12.0. The SMILES string of the molecule is O=C(Nc1cccc2nsnc12)c1cccc(F)c1F. The van der Waals surface area contributed by atoms with Crippen LogP contribution in [0, 0.1) is 11.6 Å². The molecule has 0 saturated heterocycles. The molecule has 2 aromatic carbocycles. The Morgan fingerprint density at radius 2 is 1.90 bits per heavy atom. The van der Waals surface area contributed by atoms with Gasteiger partial charge in [0.25, 0.3) is 5.91 Å². The van der Waals surface area contributed by atoms with Crippen LogP contribution in [0.25, 0.3) is 11.0 Å². The van der Waals surface area contributed by atoms with E-state index in [9.17, 15) is 13.6 Å². The van der Waals surface area contributed by atoms with E-state index in [1.54, 1.807) is 18.2 Å². The predicted molar refractivity (Wildman–Crippen MR) is 71.7 cm³/mol. The van der Waals surface area contributed by atoms with Crippen LogP contribution in [0.5, 0.6) is 0 Å². The number of hydrogen-bond acceptors (Lipinski definition) is 4. The highest BCUT2D eigenvalue weighted by molar-refractivity contribution is 7.00. The molecule has 0 fully saturated rings. The van der Waals surface area contributed by atoms with Crippen LogP contribution in [0.3, 0.4) is 0 Å². The zero-order chi connectivity index (χ0) is 14.1. The first kappa shape index (κ1) is 12.6. The lowest BCUT2D eigenvalue weighted by atomic mass is 10.2. The van der Waals surface area contributed by atoms with Gasteiger partial charge in [-0.15, -0.1) is 0 Å². The van der Waals surface area contributed by atoms with E-state index < -0.39 is 17.5 Å². The largest absolute Gasteiger partial charge is 0.320 e. The molecule has 1 N–H and O–H groups in total. The zero-order valence-electron chi connectivity index (χ0n) is 9.93. The summed E-state index contributed by atoms with van der Waals surface area (Å²) in [6, 6.07) is 8.51. The Labute approximate surface area is 116 Å². The van der Waals surface area contributed by atoms with Crippen molar-refractivity contribution in [1.82, 2.24) is 8.75 Å². The van der Waals surface area contributed by atoms with Crippen molar-refractivity contribution in [2.75, 3.05) is 5.32 Å². The molecule has 1 amide bonds. The smallest absolute Gasteiger partial charge is 0.258 e. The Morgan fingerprint density at radius 1 is 1.10 bits per heavy atom. The molecule has 1 heterocycles. The summed E-state index contributed by atoms with van der Waals surface area (Å²) in [6.45, 7) is 0. The number of nitrogens with zero attached hydrogens (tertiary/aromatic N) is 2. The molecular formula is C13H7F2N3OS. The highest BCUT2D eigenvalue weighted by Gasteiger charge is 2.16. The lowest BCUT2D eigenvalue weighted by molar-refractivity contribution is 0.102. The highest BCUT2D eigenvalue weighted by Crippen LogP contribution is 2.22. The number of fused-ring (bicyclic) bond motifs is 1. The third kappa shape index (κ3) is 2.12. The molecule has 3 rings (SSSR count). The van der Waals surface area contributed by atoms with Crippen molar-refractivity contribution in [3.05, 3.63) is 53.6 Å². The van der Waals surface area contributed by atoms with Crippen molar-refractivity contribution in [2.24, 2.45) is 0 Å². The topological polar surface area (TPSA) is 54.9 Å². The fourth-order valence-corrected chi connectivity index (χ4v) is 2.33. The molecular weight excluding hydrogens is 284 g/mol. The number of carbonyl (C=O) groups is 1. The fraction of sp³-hybridized carbons (Fsp3) is 0. The Balaban J connectivity index is 1.97. The summed E-state index contributed by atoms with van der Waals surface area (Å²) in [5.41, 5.74) is 1.20. The van der Waals surface area contributed by atoms with Gasteiger partial charge in [-0.2, -0.15) is 8.75 Å². The number of halogens is 2. The molecule has 0 radical (unpaired) electrons. The number of amides is 1. The highest BCUT2D eigenvalue weighted by atomic mass is 32.1. The third-order valence-corrected chi connectivity index (χ3v) is 3.27. The minimum Gasteiger partial charge on any atom is -0.320 e. The minimum atomic E-state index is -1.17. The average Bonchev–Trinajstić information content (AvgIpc) is 2.91. The van der Waals surface area contributed by atoms with Crippen LogP contribution in [0.2, 0.25) is 0 Å². The van der Waals surface area contributed by atoms with Gasteiger partial charge in [-0.1, -0.05) is 12.1 Å². The molecule has 1 aromatic heterocycles. The van der Waals surface area contributed by atoms with Crippen molar-refractivity contribution in [3.8, 4) is 0 Å². The fourth-order valence-electron chi connectivity index (χ4n) is 1.78. The summed E-state index contributed by atoms with van der Waals surface area (Å²) in [7, 11) is 0. The van der Waals surface area contributed by atoms with Gasteiger partial charge in [-0.05, 0) is 24.3 Å². The van der Waals surface area contributed by atoms with E-state index in [2.05, 4.69) is 14.1 Å². The molecule has 0 aliphatic carbocycles. The number of aromatic nitrogens is 2. The van der Waals surface area contributed by atoms with Crippen LogP contribution in [-0.4, -0.2) is 14.7 Å². The van der Waals surface area contributed by atoms with Crippen LogP contribution in [0.4, 0.5) is 14.5 Å². The van der Waals surface area contributed by atoms with Gasteiger partial charge in [-0.25, -0.2) is 8.78 Å². The molecule has 0 bridgehead atoms. The van der Waals surface area contributed by atoms with Crippen molar-refractivity contribution < 1.29 is 13.6 Å². The summed E-state index contributed by atoms with van der Waals surface area (Å²) in [5.74, 6) is -2.97. The average molecular weight is 291 g/mol. The number of nitrogens with one attached hydrogen (secondary N) is 1. The number of benzene rings is 2. The van der Waals surface area contributed by atoms with Crippen LogP contribution in [-0.2, 0) is 0 Å². The number of carbonyl (C=O) groups excluding carboxylic acids is 1. The van der Waals surface area contributed by atoms with E-state index in [-0.39, 0.29) is 5.56 Å². The molecule has 0 aliphatic rings. The molecule has 0 atom stereocenters. The van der Waals surface area contributed by atoms with Gasteiger partial charge in [0.2, 0.25) is 0 Å². The minimum absolute atomic E-state index is 0.356. The molecule has 0 spiro atoms. The van der Waals surface area contributed by atoms with E-state index in [1.807, 2.05) is 0 Å². The second kappa shape index (κ2) is 4.93. The van der Waals surface area contributed by atoms with E-state index in [4.69, 9.17) is 0 Å². The predicted octanol–water partition coefficient (Wildman–Crippen LogP) is 3.22. The number of hydrogen-bond donors (Lipinski definition) is 1. The van der Waals surface area contributed by atoms with E-state index in [1.165, 1.54) is 12.1 Å². The monoisotopic (exact) mass is 291 g/mol. The van der Waals surface area contributed by atoms with Gasteiger partial charge >= 0.3 is 0 Å². The second-order valence-corrected chi connectivity index (χ2v) is 4.52. The van der Waals surface area contributed by atoms with E-state index >= 15 is 0 Å². The quantitative estimate of drug-likeness (QED) is 0.788. The van der Waals surface area contributed by atoms with Crippen LogP contribution < -0.4 is 5.32 Å². The van der Waals surface area contributed by atoms with Gasteiger partial charge in [-0.3, -0.25) is 4.79 Å². The van der Waals surface area contributed by atoms with Crippen LogP contribution in [0.15, 0.2) is 36.4 Å². The van der Waals surface area contributed by atoms with E-state index in [0.29, 0.717) is 16.7 Å². The van der Waals surface area contributed by atoms with Gasteiger partial charge in [0, 0.05) is 0 Å². The molecule has 4 nitrogen and oxygen atoms in total. The number of rotatable bonds is 2. The Bertz CT molecular complexity index is 803. The maximum atomic E-state index is 13.5. The molecule has 7 heteroatoms. The number of anilines is 1. The van der Waals surface area contributed by atoms with Gasteiger partial charge in [0.15, 0.2) is 11.6 Å². The van der Waals surface area contributed by atoms with Gasteiger partial charge < -0.3 is 5.32 Å². The standard InChI is InChI=1S/C13H7F2N3OS/c14-8-4-1-3-7(11(8)15)13(19)16-9-5-2-6-10-12(9)18-20-17-10/h1-6H,(H,16,19). The van der Waals surface area contributed by atoms with Crippen molar-refractivity contribution in [2.45, 2.75) is 0 Å². The maximum Gasteiger partial charge on any atom is 0.258 e. The summed E-state index contributed by atoms with van der Waals surface area (Å²) >= 11 is 1.01. The van der Waals surface area contributed by atoms with Crippen molar-refractivity contribution in [1.29, 1.82) is 0 Å². The van der Waals surface area contributed by atoms with Gasteiger partial charge in [0.1, 0.15) is 11.0 Å². The molecule has 0 saturated carbocycles. The van der Waals surface area contributed by atoms with Gasteiger partial charge in [0.05, 0.1) is 23.0 Å². The van der Waals surface area contributed by atoms with Crippen LogP contribution in [0.1, 0.15) is 10.4 Å². The van der Waals surface area contributed by atoms with Crippen molar-refractivity contribution in [3.63, 3.8) is 0 Å². The normalized spacial score (nSPS) is 10.7. The van der Waals surface area contributed by atoms with E-state index in [0.717, 1.165) is 17.8 Å². The first-order valence-electron chi connectivity index (χ1n) is 5.63. The molecule has 3 aromatic rings. The molecule has 0 unspecified atom stereocenters. The first-order chi connectivity index (χ1) is 9.66. The molecule has 0 aliphatic heterocycles. The van der Waals surface area contributed by atoms with Crippen molar-refractivity contribution >= 4 is 34.4 Å².